The summed E-state index contributed by atoms with van der Waals surface area (Å²) < 4.78 is 29.6. The second kappa shape index (κ2) is 3.09. The van der Waals surface area contributed by atoms with Crippen LogP contribution >= 0.6 is 0 Å². The summed E-state index contributed by atoms with van der Waals surface area (Å²) in [5.41, 5.74) is 0. The topological polar surface area (TPSA) is 75.3 Å². The second-order valence-corrected chi connectivity index (χ2v) is 4.59. The Kier molecular flexibility index (Phi) is 2.06. The highest BCUT2D eigenvalue weighted by molar-refractivity contribution is 7.89. The molecule has 1 fully saturated rings. The Morgan fingerprint density at radius 2 is 2.46 bits per heavy atom. The first kappa shape index (κ1) is 8.67. The number of nitrogens with zero attached hydrogens (tertiary/aromatic N) is 2. The number of sulfonamides is 1. The van der Waals surface area contributed by atoms with E-state index in [1.807, 2.05) is 0 Å². The zero-order valence-corrected chi connectivity index (χ0v) is 7.62. The van der Waals surface area contributed by atoms with Gasteiger partial charge in [-0.25, -0.2) is 8.42 Å². The zero-order chi connectivity index (χ0) is 9.31. The van der Waals surface area contributed by atoms with Crippen LogP contribution in [0.3, 0.4) is 0 Å². The van der Waals surface area contributed by atoms with Gasteiger partial charge in [0.2, 0.25) is 10.0 Å². The van der Waals surface area contributed by atoms with E-state index in [9.17, 15) is 8.42 Å². The fraction of sp³-hybridized carbons (Fsp3) is 0.500. The molecule has 0 unspecified atom stereocenters. The van der Waals surface area contributed by atoms with Crippen molar-refractivity contribution in [3.8, 4) is 0 Å². The Bertz CT molecular complexity index is 366. The molecule has 2 heterocycles. The molecule has 0 spiro atoms. The maximum Gasteiger partial charge on any atom is 0.248 e. The van der Waals surface area contributed by atoms with Gasteiger partial charge in [-0.05, 0) is 0 Å². The van der Waals surface area contributed by atoms with Crippen LogP contribution in [0, 0.1) is 0 Å². The first-order chi connectivity index (χ1) is 6.21. The molecule has 0 saturated carbocycles. The van der Waals surface area contributed by atoms with Gasteiger partial charge in [-0.15, -0.1) is 0 Å². The number of hydrogen-bond donors (Lipinski definition) is 1. The van der Waals surface area contributed by atoms with Crippen LogP contribution in [-0.4, -0.2) is 42.8 Å². The molecular formula is C6H9N3O3S. The average Bonchev–Trinajstić information content (AvgIpc) is 2.78. The van der Waals surface area contributed by atoms with E-state index in [4.69, 9.17) is 4.74 Å². The van der Waals surface area contributed by atoms with Gasteiger partial charge in [0.05, 0.1) is 12.8 Å². The van der Waals surface area contributed by atoms with Crippen LogP contribution in [0.5, 0.6) is 0 Å². The number of hydrogen-bond acceptors (Lipinski definition) is 4. The monoisotopic (exact) mass is 203 g/mol. The molecular weight excluding hydrogens is 194 g/mol. The number of aromatic nitrogens is 2. The predicted molar refractivity (Wildman–Crippen MR) is 43.3 cm³/mol. The Morgan fingerprint density at radius 1 is 1.62 bits per heavy atom. The third kappa shape index (κ3) is 1.45. The van der Waals surface area contributed by atoms with Crippen molar-refractivity contribution >= 4 is 10.0 Å². The average molecular weight is 203 g/mol. The summed E-state index contributed by atoms with van der Waals surface area (Å²) >= 11 is 0. The van der Waals surface area contributed by atoms with Crippen LogP contribution in [0.15, 0.2) is 17.3 Å². The Balaban J connectivity index is 2.30. The highest BCUT2D eigenvalue weighted by Gasteiger charge is 2.28. The van der Waals surface area contributed by atoms with Gasteiger partial charge < -0.3 is 4.74 Å². The highest BCUT2D eigenvalue weighted by Crippen LogP contribution is 2.15. The minimum Gasteiger partial charge on any atom is -0.364 e. The van der Waals surface area contributed by atoms with E-state index in [0.717, 1.165) is 0 Å². The fourth-order valence-electron chi connectivity index (χ4n) is 1.12. The summed E-state index contributed by atoms with van der Waals surface area (Å²) in [4.78, 5) is 0.179. The third-order valence-electron chi connectivity index (χ3n) is 1.83. The van der Waals surface area contributed by atoms with E-state index in [2.05, 4.69) is 10.2 Å². The van der Waals surface area contributed by atoms with Crippen molar-refractivity contribution in [2.75, 3.05) is 19.9 Å². The molecule has 1 saturated heterocycles. The standard InChI is InChI=1S/C6H9N3O3S/c10-13(11,6-3-7-8-4-6)9-1-2-12-5-9/h3-4H,1-2,5H2,(H,7,8). The maximum absolute atomic E-state index is 11.7. The summed E-state index contributed by atoms with van der Waals surface area (Å²) in [5.74, 6) is 0. The van der Waals surface area contributed by atoms with Gasteiger partial charge in [-0.2, -0.15) is 9.40 Å². The quantitative estimate of drug-likeness (QED) is 0.695. The fourth-order valence-corrected chi connectivity index (χ4v) is 2.33. The smallest absolute Gasteiger partial charge is 0.248 e. The van der Waals surface area contributed by atoms with Gasteiger partial charge in [-0.1, -0.05) is 0 Å². The number of rotatable bonds is 2. The van der Waals surface area contributed by atoms with Crippen molar-refractivity contribution in [3.63, 3.8) is 0 Å². The molecule has 1 aromatic heterocycles. The molecule has 1 aliphatic heterocycles. The Hall–Kier alpha value is -0.920. The van der Waals surface area contributed by atoms with Gasteiger partial charge in [0.15, 0.2) is 0 Å². The molecule has 1 aromatic rings. The summed E-state index contributed by atoms with van der Waals surface area (Å²) in [6.07, 6.45) is 2.64. The van der Waals surface area contributed by atoms with E-state index >= 15 is 0 Å². The van der Waals surface area contributed by atoms with Crippen LogP contribution < -0.4 is 0 Å². The molecule has 0 aliphatic carbocycles. The van der Waals surface area contributed by atoms with Gasteiger partial charge in [-0.3, -0.25) is 5.10 Å². The zero-order valence-electron chi connectivity index (χ0n) is 6.80. The largest absolute Gasteiger partial charge is 0.364 e. The first-order valence-corrected chi connectivity index (χ1v) is 5.22. The van der Waals surface area contributed by atoms with Gasteiger partial charge in [0.25, 0.3) is 0 Å². The Labute approximate surface area is 75.6 Å². The molecule has 72 valence electrons. The predicted octanol–water partition coefficient (Wildman–Crippen LogP) is -0.612. The lowest BCUT2D eigenvalue weighted by molar-refractivity contribution is 0.172. The lowest BCUT2D eigenvalue weighted by Crippen LogP contribution is -2.28. The van der Waals surface area contributed by atoms with Crippen molar-refractivity contribution in [3.05, 3.63) is 12.4 Å². The van der Waals surface area contributed by atoms with Crippen molar-refractivity contribution in [1.82, 2.24) is 14.5 Å². The van der Waals surface area contributed by atoms with Crippen LogP contribution in [0.25, 0.3) is 0 Å². The SMILES string of the molecule is O=S(=O)(c1cn[nH]c1)N1CCOC1. The third-order valence-corrected chi connectivity index (χ3v) is 3.62. The molecule has 0 amide bonds. The molecule has 0 bridgehead atoms. The first-order valence-electron chi connectivity index (χ1n) is 3.78. The van der Waals surface area contributed by atoms with Gasteiger partial charge in [0, 0.05) is 12.7 Å². The molecule has 13 heavy (non-hydrogen) atoms. The molecule has 6 nitrogen and oxygen atoms in total. The number of ether oxygens (including phenoxy) is 1. The van der Waals surface area contributed by atoms with E-state index < -0.39 is 10.0 Å². The number of nitrogens with one attached hydrogen (secondary N) is 1. The van der Waals surface area contributed by atoms with Gasteiger partial charge >= 0.3 is 0 Å². The molecule has 1 N–H and O–H groups in total. The van der Waals surface area contributed by atoms with Crippen molar-refractivity contribution < 1.29 is 13.2 Å². The maximum atomic E-state index is 11.7. The Morgan fingerprint density at radius 3 is 3.00 bits per heavy atom. The summed E-state index contributed by atoms with van der Waals surface area (Å²) in [6, 6.07) is 0. The van der Waals surface area contributed by atoms with Crippen LogP contribution in [0.1, 0.15) is 0 Å². The van der Waals surface area contributed by atoms with E-state index in [1.165, 1.54) is 16.7 Å². The summed E-state index contributed by atoms with van der Waals surface area (Å²) in [7, 11) is -3.38. The minimum absolute atomic E-state index is 0.132. The van der Waals surface area contributed by atoms with Crippen molar-refractivity contribution in [2.45, 2.75) is 4.90 Å². The molecule has 7 heteroatoms. The molecule has 1 aliphatic rings. The summed E-state index contributed by atoms with van der Waals surface area (Å²) in [5, 5.41) is 6.05. The molecule has 2 rings (SSSR count). The number of aromatic amines is 1. The van der Waals surface area contributed by atoms with E-state index in [1.54, 1.807) is 0 Å². The molecule has 0 aromatic carbocycles. The van der Waals surface area contributed by atoms with Crippen molar-refractivity contribution in [2.24, 2.45) is 0 Å². The van der Waals surface area contributed by atoms with Gasteiger partial charge in [0.1, 0.15) is 11.6 Å². The lowest BCUT2D eigenvalue weighted by atomic mass is 10.7. The molecule has 0 radical (unpaired) electrons. The van der Waals surface area contributed by atoms with Crippen LogP contribution in [0.2, 0.25) is 0 Å². The summed E-state index contributed by atoms with van der Waals surface area (Å²) in [6.45, 7) is 0.998. The second-order valence-electron chi connectivity index (χ2n) is 2.65. The van der Waals surface area contributed by atoms with Crippen LogP contribution in [-0.2, 0) is 14.8 Å². The highest BCUT2D eigenvalue weighted by atomic mass is 32.2. The number of H-pyrrole nitrogens is 1. The van der Waals surface area contributed by atoms with E-state index in [-0.39, 0.29) is 11.6 Å². The molecule has 0 atom stereocenters. The van der Waals surface area contributed by atoms with Crippen molar-refractivity contribution in [1.29, 1.82) is 0 Å². The minimum atomic E-state index is -3.38. The lowest BCUT2D eigenvalue weighted by Gasteiger charge is -2.11. The van der Waals surface area contributed by atoms with E-state index in [0.29, 0.717) is 13.2 Å². The normalized spacial score (nSPS) is 19.4. The van der Waals surface area contributed by atoms with Crippen LogP contribution in [0.4, 0.5) is 0 Å².